The molecule has 3 rings (SSSR count). The fourth-order valence-electron chi connectivity index (χ4n) is 3.50. The molecule has 2 fully saturated rings. The number of benzene rings is 1. The molecular formula is C20H31NO7. The molecule has 158 valence electrons. The van der Waals surface area contributed by atoms with Crippen LogP contribution in [0.1, 0.15) is 18.3 Å². The molecule has 1 aromatic carbocycles. The van der Waals surface area contributed by atoms with Crippen LogP contribution >= 0.6 is 0 Å². The third-order valence-corrected chi connectivity index (χ3v) is 4.85. The quantitative estimate of drug-likeness (QED) is 0.558. The van der Waals surface area contributed by atoms with E-state index in [1.165, 1.54) is 0 Å². The molecule has 2 heterocycles. The number of fused-ring (bicyclic) bond motifs is 1. The summed E-state index contributed by atoms with van der Waals surface area (Å²) in [7, 11) is 3.22. The Balaban J connectivity index is 1.61. The molecule has 0 spiro atoms. The van der Waals surface area contributed by atoms with Gasteiger partial charge >= 0.3 is 0 Å². The molecule has 4 unspecified atom stereocenters. The maximum absolute atomic E-state index is 6.19. The van der Waals surface area contributed by atoms with Gasteiger partial charge in [0.25, 0.3) is 0 Å². The van der Waals surface area contributed by atoms with Crippen LogP contribution in [0, 0.1) is 0 Å². The minimum atomic E-state index is -0.513. The van der Waals surface area contributed by atoms with E-state index in [0.29, 0.717) is 33.0 Å². The lowest BCUT2D eigenvalue weighted by Crippen LogP contribution is -2.50. The Morgan fingerprint density at radius 1 is 0.893 bits per heavy atom. The summed E-state index contributed by atoms with van der Waals surface area (Å²) in [5.74, 6) is 0. The van der Waals surface area contributed by atoms with Crippen molar-refractivity contribution >= 4 is 0 Å². The molecule has 6 atom stereocenters. The Morgan fingerprint density at radius 3 is 2.39 bits per heavy atom. The summed E-state index contributed by atoms with van der Waals surface area (Å²) in [4.78, 5) is 0. The van der Waals surface area contributed by atoms with Crippen molar-refractivity contribution in [1.82, 2.24) is 0 Å². The summed E-state index contributed by atoms with van der Waals surface area (Å²) < 4.78 is 40.6. The zero-order chi connectivity index (χ0) is 19.8. The van der Waals surface area contributed by atoms with Crippen LogP contribution in [0.15, 0.2) is 30.3 Å². The van der Waals surface area contributed by atoms with Crippen LogP contribution in [0.3, 0.4) is 0 Å². The monoisotopic (exact) mass is 397 g/mol. The average molecular weight is 397 g/mol. The average Bonchev–Trinajstić information content (AvgIpc) is 3.11. The van der Waals surface area contributed by atoms with Crippen molar-refractivity contribution in [3.8, 4) is 0 Å². The first-order valence-electron chi connectivity index (χ1n) is 9.71. The lowest BCUT2D eigenvalue weighted by atomic mass is 10.0. The molecular weight excluding hydrogens is 366 g/mol. The normalized spacial score (nSPS) is 32.4. The minimum absolute atomic E-state index is 0.299. The van der Waals surface area contributed by atoms with Gasteiger partial charge in [-0.3, -0.25) is 0 Å². The number of methoxy groups -OCH3 is 2. The molecule has 0 aliphatic carbocycles. The van der Waals surface area contributed by atoms with Gasteiger partial charge in [-0.2, -0.15) is 0 Å². The van der Waals surface area contributed by atoms with E-state index in [2.05, 4.69) is 0 Å². The summed E-state index contributed by atoms with van der Waals surface area (Å²) in [5.41, 5.74) is 6.35. The van der Waals surface area contributed by atoms with Crippen molar-refractivity contribution in [2.75, 3.05) is 47.2 Å². The third kappa shape index (κ3) is 5.28. The molecule has 0 radical (unpaired) electrons. The largest absolute Gasteiger partial charge is 0.380 e. The van der Waals surface area contributed by atoms with Crippen molar-refractivity contribution < 1.29 is 33.2 Å². The fourth-order valence-corrected chi connectivity index (χ4v) is 3.50. The van der Waals surface area contributed by atoms with Gasteiger partial charge in [-0.15, -0.1) is 0 Å². The van der Waals surface area contributed by atoms with Gasteiger partial charge in [-0.05, 0) is 6.42 Å². The molecule has 8 nitrogen and oxygen atoms in total. The van der Waals surface area contributed by atoms with Gasteiger partial charge in [0.05, 0.1) is 13.2 Å². The van der Waals surface area contributed by atoms with Gasteiger partial charge in [0.15, 0.2) is 12.6 Å². The van der Waals surface area contributed by atoms with Crippen molar-refractivity contribution in [2.45, 2.75) is 43.4 Å². The van der Waals surface area contributed by atoms with Crippen LogP contribution in [0.2, 0.25) is 0 Å². The van der Waals surface area contributed by atoms with Crippen LogP contribution < -0.4 is 5.73 Å². The molecule has 2 saturated heterocycles. The van der Waals surface area contributed by atoms with E-state index >= 15 is 0 Å². The summed E-state index contributed by atoms with van der Waals surface area (Å²) in [6, 6.07) is 9.82. The lowest BCUT2D eigenvalue weighted by Gasteiger charge is -2.38. The summed E-state index contributed by atoms with van der Waals surface area (Å²) in [5, 5.41) is 0. The highest BCUT2D eigenvalue weighted by atomic mass is 16.8. The number of rotatable bonds is 11. The zero-order valence-corrected chi connectivity index (χ0v) is 16.5. The van der Waals surface area contributed by atoms with Gasteiger partial charge < -0.3 is 38.9 Å². The number of hydrogen-bond donors (Lipinski definition) is 1. The molecule has 28 heavy (non-hydrogen) atoms. The maximum atomic E-state index is 6.19. The first-order chi connectivity index (χ1) is 13.8. The first kappa shape index (κ1) is 21.6. The van der Waals surface area contributed by atoms with E-state index in [-0.39, 0.29) is 24.4 Å². The van der Waals surface area contributed by atoms with Gasteiger partial charge in [0.2, 0.25) is 0 Å². The van der Waals surface area contributed by atoms with E-state index in [4.69, 9.17) is 38.9 Å². The molecule has 2 aliphatic heterocycles. The van der Waals surface area contributed by atoms with E-state index in [1.807, 2.05) is 30.3 Å². The topological polar surface area (TPSA) is 90.6 Å². The summed E-state index contributed by atoms with van der Waals surface area (Å²) in [6.45, 7) is 2.67. The van der Waals surface area contributed by atoms with Gasteiger partial charge in [-0.25, -0.2) is 0 Å². The molecule has 0 bridgehead atoms. The molecule has 0 amide bonds. The third-order valence-electron chi connectivity index (χ3n) is 4.85. The molecule has 8 heteroatoms. The smallest absolute Gasteiger partial charge is 0.186 e. The summed E-state index contributed by atoms with van der Waals surface area (Å²) >= 11 is 0. The van der Waals surface area contributed by atoms with Crippen LogP contribution in [-0.4, -0.2) is 77.9 Å². The second kappa shape index (κ2) is 11.2. The maximum Gasteiger partial charge on any atom is 0.186 e. The van der Waals surface area contributed by atoms with E-state index in [1.54, 1.807) is 14.2 Å². The van der Waals surface area contributed by atoms with E-state index < -0.39 is 12.6 Å². The predicted octanol–water partition coefficient (Wildman–Crippen LogP) is 1.24. The predicted molar refractivity (Wildman–Crippen MR) is 101 cm³/mol. The highest BCUT2D eigenvalue weighted by Gasteiger charge is 2.54. The standard InChI is InChI=1S/C20H31NO7/c1-22-18-17-16(27-20(18)23-2)15(13-25-11-6-10-24-12-9-21)26-19(28-17)14-7-4-3-5-8-14/h3-5,7-8,15-20H,6,9-13,21H2,1-2H3/t15?,16-,17?,18?,19?,20+/m1/s1. The number of nitrogens with two attached hydrogens (primary N) is 1. The second-order valence-corrected chi connectivity index (χ2v) is 6.75. The van der Waals surface area contributed by atoms with Crippen molar-refractivity contribution in [1.29, 1.82) is 0 Å². The first-order valence-corrected chi connectivity index (χ1v) is 9.71. The zero-order valence-electron chi connectivity index (χ0n) is 16.5. The molecule has 2 aliphatic rings. The SMILES string of the molecule is COC1C2OC(c3ccccc3)OC(COCCCOCCN)[C@H]2O[C@@H]1OC. The Hall–Kier alpha value is -1.10. The van der Waals surface area contributed by atoms with Gasteiger partial charge in [0, 0.05) is 39.5 Å². The lowest BCUT2D eigenvalue weighted by molar-refractivity contribution is -0.293. The van der Waals surface area contributed by atoms with Crippen LogP contribution in [-0.2, 0) is 33.2 Å². The van der Waals surface area contributed by atoms with Crippen molar-refractivity contribution in [3.05, 3.63) is 35.9 Å². The number of hydrogen-bond acceptors (Lipinski definition) is 8. The van der Waals surface area contributed by atoms with Crippen LogP contribution in [0.25, 0.3) is 0 Å². The highest BCUT2D eigenvalue weighted by Crippen LogP contribution is 2.39. The Labute approximate surface area is 166 Å². The van der Waals surface area contributed by atoms with Gasteiger partial charge in [-0.1, -0.05) is 30.3 Å². The number of ether oxygens (including phenoxy) is 7. The highest BCUT2D eigenvalue weighted by molar-refractivity contribution is 5.17. The molecule has 0 aromatic heterocycles. The Morgan fingerprint density at radius 2 is 1.68 bits per heavy atom. The Bertz CT molecular complexity index is 561. The van der Waals surface area contributed by atoms with Crippen molar-refractivity contribution in [3.63, 3.8) is 0 Å². The minimum Gasteiger partial charge on any atom is -0.380 e. The molecule has 1 aromatic rings. The molecule has 0 saturated carbocycles. The van der Waals surface area contributed by atoms with Crippen LogP contribution in [0.5, 0.6) is 0 Å². The fraction of sp³-hybridized carbons (Fsp3) is 0.700. The summed E-state index contributed by atoms with van der Waals surface area (Å²) in [6.07, 6.45) is -1.50. The van der Waals surface area contributed by atoms with Crippen molar-refractivity contribution in [2.24, 2.45) is 5.73 Å². The van der Waals surface area contributed by atoms with Gasteiger partial charge in [0.1, 0.15) is 24.4 Å². The Kier molecular flexibility index (Phi) is 8.63. The molecule has 2 N–H and O–H groups in total. The van der Waals surface area contributed by atoms with E-state index in [0.717, 1.165) is 12.0 Å². The second-order valence-electron chi connectivity index (χ2n) is 6.75. The van der Waals surface area contributed by atoms with E-state index in [9.17, 15) is 0 Å². The van der Waals surface area contributed by atoms with Crippen LogP contribution in [0.4, 0.5) is 0 Å².